The van der Waals surface area contributed by atoms with Crippen LogP contribution in [-0.2, 0) is 0 Å². The van der Waals surface area contributed by atoms with Crippen LogP contribution in [0.25, 0.3) is 0 Å². The maximum Gasteiger partial charge on any atom is 0.254 e. The molecule has 0 radical (unpaired) electrons. The van der Waals surface area contributed by atoms with E-state index in [0.717, 1.165) is 17.9 Å². The molecule has 7 heteroatoms. The standard InChI is InChI=1S/C10H13FN4OS/c11-8-7(1-3-13-9(8)15-12)10(16)14-6-2-4-17-5-6/h1,3,6H,2,4-5,12H2,(H,13,15)(H,14,16). The van der Waals surface area contributed by atoms with Crippen LogP contribution in [0.15, 0.2) is 12.3 Å². The van der Waals surface area contributed by atoms with E-state index in [1.165, 1.54) is 12.3 Å². The molecule has 1 saturated heterocycles. The molecule has 0 aliphatic carbocycles. The summed E-state index contributed by atoms with van der Waals surface area (Å²) < 4.78 is 13.7. The first-order valence-electron chi connectivity index (χ1n) is 5.22. The summed E-state index contributed by atoms with van der Waals surface area (Å²) in [4.78, 5) is 15.5. The Morgan fingerprint density at radius 1 is 1.65 bits per heavy atom. The highest BCUT2D eigenvalue weighted by atomic mass is 32.2. The number of hydrogen-bond donors (Lipinski definition) is 3. The number of hydrogen-bond acceptors (Lipinski definition) is 5. The first kappa shape index (κ1) is 12.1. The minimum atomic E-state index is -0.724. The van der Waals surface area contributed by atoms with Gasteiger partial charge in [-0.25, -0.2) is 15.2 Å². The Labute approximate surface area is 102 Å². The van der Waals surface area contributed by atoms with E-state index in [0.29, 0.717) is 0 Å². The number of halogens is 1. The molecule has 0 bridgehead atoms. The summed E-state index contributed by atoms with van der Waals surface area (Å²) in [6, 6.07) is 1.46. The minimum Gasteiger partial charge on any atom is -0.348 e. The van der Waals surface area contributed by atoms with Crippen LogP contribution in [-0.4, -0.2) is 28.4 Å². The average Bonchev–Trinajstić information content (AvgIpc) is 2.82. The third-order valence-electron chi connectivity index (χ3n) is 2.54. The van der Waals surface area contributed by atoms with Gasteiger partial charge >= 0.3 is 0 Å². The molecule has 0 spiro atoms. The number of nitrogens with two attached hydrogens (primary N) is 1. The zero-order valence-electron chi connectivity index (χ0n) is 9.07. The predicted octanol–water partition coefficient (Wildman–Crippen LogP) is 0.742. The molecule has 5 nitrogen and oxygen atoms in total. The molecule has 1 atom stereocenters. The van der Waals surface area contributed by atoms with Crippen molar-refractivity contribution in [3.05, 3.63) is 23.6 Å². The van der Waals surface area contributed by atoms with E-state index in [2.05, 4.69) is 15.7 Å². The van der Waals surface area contributed by atoms with E-state index < -0.39 is 11.7 Å². The normalized spacial score (nSPS) is 19.1. The van der Waals surface area contributed by atoms with Crippen molar-refractivity contribution >= 4 is 23.5 Å². The summed E-state index contributed by atoms with van der Waals surface area (Å²) >= 11 is 1.78. The number of carbonyl (C=O) groups is 1. The van der Waals surface area contributed by atoms with Gasteiger partial charge in [-0.05, 0) is 18.2 Å². The highest BCUT2D eigenvalue weighted by molar-refractivity contribution is 7.99. The van der Waals surface area contributed by atoms with Gasteiger partial charge in [0.15, 0.2) is 11.6 Å². The lowest BCUT2D eigenvalue weighted by molar-refractivity contribution is 0.0937. The molecule has 1 amide bonds. The number of pyridine rings is 1. The van der Waals surface area contributed by atoms with Crippen molar-refractivity contribution in [2.24, 2.45) is 5.84 Å². The van der Waals surface area contributed by atoms with Gasteiger partial charge in [-0.2, -0.15) is 11.8 Å². The Bertz CT molecular complexity index is 423. The van der Waals surface area contributed by atoms with Crippen LogP contribution in [0.4, 0.5) is 10.2 Å². The van der Waals surface area contributed by atoms with E-state index in [4.69, 9.17) is 5.84 Å². The second-order valence-electron chi connectivity index (χ2n) is 3.70. The van der Waals surface area contributed by atoms with Crippen LogP contribution >= 0.6 is 11.8 Å². The molecule has 4 N–H and O–H groups in total. The molecule has 2 rings (SSSR count). The second kappa shape index (κ2) is 5.33. The summed E-state index contributed by atoms with van der Waals surface area (Å²) in [5.74, 6) is 5.73. The molecule has 0 aromatic carbocycles. The number of nitrogens with one attached hydrogen (secondary N) is 2. The van der Waals surface area contributed by atoms with Crippen LogP contribution in [0.3, 0.4) is 0 Å². The molecule has 1 aromatic heterocycles. The van der Waals surface area contributed by atoms with Gasteiger partial charge in [0.2, 0.25) is 0 Å². The van der Waals surface area contributed by atoms with Crippen molar-refractivity contribution in [3.8, 4) is 0 Å². The van der Waals surface area contributed by atoms with E-state index in [1.807, 2.05) is 0 Å². The number of carbonyl (C=O) groups excluding carboxylic acids is 1. The number of anilines is 1. The zero-order chi connectivity index (χ0) is 12.3. The molecule has 17 heavy (non-hydrogen) atoms. The Morgan fingerprint density at radius 2 is 2.47 bits per heavy atom. The highest BCUT2D eigenvalue weighted by Gasteiger charge is 2.21. The Hall–Kier alpha value is -1.34. The van der Waals surface area contributed by atoms with Crippen LogP contribution < -0.4 is 16.6 Å². The molecular formula is C10H13FN4OS. The van der Waals surface area contributed by atoms with E-state index in [-0.39, 0.29) is 17.4 Å². The summed E-state index contributed by atoms with van der Waals surface area (Å²) in [7, 11) is 0. The third kappa shape index (κ3) is 2.67. The average molecular weight is 256 g/mol. The summed E-state index contributed by atoms with van der Waals surface area (Å²) in [6.07, 6.45) is 2.27. The first-order chi connectivity index (χ1) is 8.22. The number of nitrogens with zero attached hydrogens (tertiary/aromatic N) is 1. The van der Waals surface area contributed by atoms with Crippen molar-refractivity contribution in [1.29, 1.82) is 0 Å². The molecule has 1 unspecified atom stereocenters. The lowest BCUT2D eigenvalue weighted by atomic mass is 10.2. The van der Waals surface area contributed by atoms with Gasteiger partial charge in [-0.15, -0.1) is 0 Å². The molecule has 0 saturated carbocycles. The smallest absolute Gasteiger partial charge is 0.254 e. The van der Waals surface area contributed by atoms with Gasteiger partial charge < -0.3 is 10.7 Å². The number of nitrogen functional groups attached to an aromatic ring is 1. The minimum absolute atomic E-state index is 0.0372. The Balaban J connectivity index is 2.12. The Morgan fingerprint density at radius 3 is 3.12 bits per heavy atom. The fourth-order valence-corrected chi connectivity index (χ4v) is 2.78. The van der Waals surface area contributed by atoms with Crippen molar-refractivity contribution in [2.75, 3.05) is 16.9 Å². The van der Waals surface area contributed by atoms with Crippen LogP contribution in [0, 0.1) is 5.82 Å². The fourth-order valence-electron chi connectivity index (χ4n) is 1.63. The number of amides is 1. The number of thioether (sulfide) groups is 1. The quantitative estimate of drug-likeness (QED) is 0.549. The van der Waals surface area contributed by atoms with Crippen molar-refractivity contribution in [3.63, 3.8) is 0 Å². The highest BCUT2D eigenvalue weighted by Crippen LogP contribution is 2.19. The van der Waals surface area contributed by atoms with E-state index in [9.17, 15) is 9.18 Å². The molecule has 2 heterocycles. The van der Waals surface area contributed by atoms with Gasteiger partial charge in [-0.1, -0.05) is 0 Å². The SMILES string of the molecule is NNc1nccc(C(=O)NC2CCSC2)c1F. The summed E-state index contributed by atoms with van der Waals surface area (Å²) in [5, 5.41) is 2.79. The van der Waals surface area contributed by atoms with Crippen LogP contribution in [0.2, 0.25) is 0 Å². The van der Waals surface area contributed by atoms with Gasteiger partial charge in [0, 0.05) is 18.0 Å². The number of rotatable bonds is 3. The van der Waals surface area contributed by atoms with Gasteiger partial charge in [0.1, 0.15) is 0 Å². The molecule has 1 aliphatic rings. The molecule has 92 valence electrons. The van der Waals surface area contributed by atoms with Crippen molar-refractivity contribution in [1.82, 2.24) is 10.3 Å². The largest absolute Gasteiger partial charge is 0.348 e. The maximum atomic E-state index is 13.7. The maximum absolute atomic E-state index is 13.7. The van der Waals surface area contributed by atoms with Crippen molar-refractivity contribution in [2.45, 2.75) is 12.5 Å². The van der Waals surface area contributed by atoms with Crippen LogP contribution in [0.5, 0.6) is 0 Å². The topological polar surface area (TPSA) is 80.0 Å². The van der Waals surface area contributed by atoms with E-state index in [1.54, 1.807) is 11.8 Å². The van der Waals surface area contributed by atoms with Gasteiger partial charge in [0.25, 0.3) is 5.91 Å². The van der Waals surface area contributed by atoms with Crippen molar-refractivity contribution < 1.29 is 9.18 Å². The number of aromatic nitrogens is 1. The summed E-state index contributed by atoms with van der Waals surface area (Å²) in [6.45, 7) is 0. The predicted molar refractivity (Wildman–Crippen MR) is 65.2 cm³/mol. The Kier molecular flexibility index (Phi) is 3.80. The third-order valence-corrected chi connectivity index (χ3v) is 3.70. The lowest BCUT2D eigenvalue weighted by Gasteiger charge is -2.12. The molecule has 1 fully saturated rings. The zero-order valence-corrected chi connectivity index (χ0v) is 9.89. The molecule has 1 aromatic rings. The van der Waals surface area contributed by atoms with Gasteiger partial charge in [-0.3, -0.25) is 4.79 Å². The van der Waals surface area contributed by atoms with E-state index >= 15 is 0 Å². The summed E-state index contributed by atoms with van der Waals surface area (Å²) in [5.41, 5.74) is 2.08. The fraction of sp³-hybridized carbons (Fsp3) is 0.400. The van der Waals surface area contributed by atoms with Gasteiger partial charge in [0.05, 0.1) is 5.56 Å². The lowest BCUT2D eigenvalue weighted by Crippen LogP contribution is -2.35. The first-order valence-corrected chi connectivity index (χ1v) is 6.37. The molecule has 1 aliphatic heterocycles. The number of hydrazine groups is 1. The van der Waals surface area contributed by atoms with Crippen LogP contribution in [0.1, 0.15) is 16.8 Å². The second-order valence-corrected chi connectivity index (χ2v) is 4.85. The monoisotopic (exact) mass is 256 g/mol. The molecular weight excluding hydrogens is 243 g/mol.